The molecule has 1 radical (unpaired) electrons. The minimum atomic E-state index is 0. The fourth-order valence-electron chi connectivity index (χ4n) is 0.625. The van der Waals surface area contributed by atoms with Crippen molar-refractivity contribution in [3.8, 4) is 0 Å². The van der Waals surface area contributed by atoms with E-state index in [1.807, 2.05) is 36.4 Å². The summed E-state index contributed by atoms with van der Waals surface area (Å²) < 4.78 is 22.5. The first-order valence-electron chi connectivity index (χ1n) is 4.31. The summed E-state index contributed by atoms with van der Waals surface area (Å²) in [5.41, 5.74) is 0. The summed E-state index contributed by atoms with van der Waals surface area (Å²) in [5.74, 6) is 0. The van der Waals surface area contributed by atoms with E-state index in [4.69, 9.17) is 14.0 Å². The van der Waals surface area contributed by atoms with Gasteiger partial charge in [-0.1, -0.05) is 12.1 Å². The van der Waals surface area contributed by atoms with Crippen molar-refractivity contribution in [3.63, 3.8) is 0 Å². The molecule has 0 amide bonds. The molecule has 2 aromatic rings. The van der Waals surface area contributed by atoms with Gasteiger partial charge in [0.2, 0.25) is 0 Å². The van der Waals surface area contributed by atoms with Gasteiger partial charge in [0.15, 0.2) is 0 Å². The van der Waals surface area contributed by atoms with Crippen molar-refractivity contribution in [1.29, 1.82) is 0 Å². The number of pyridine rings is 2. The number of rotatable bonds is 0. The molecule has 0 aliphatic heterocycles. The van der Waals surface area contributed by atoms with Gasteiger partial charge in [-0.25, -0.2) is 0 Å². The van der Waals surface area contributed by atoms with Gasteiger partial charge in [-0.3, -0.25) is 9.97 Å². The van der Waals surface area contributed by atoms with E-state index in [0.29, 0.717) is 0 Å². The summed E-state index contributed by atoms with van der Waals surface area (Å²) in [5, 5.41) is 0. The van der Waals surface area contributed by atoms with E-state index < -0.39 is 0 Å². The Balaban J connectivity index is -0.0000000512. The van der Waals surface area contributed by atoms with Gasteiger partial charge in [-0.2, -0.15) is 0 Å². The van der Waals surface area contributed by atoms with Gasteiger partial charge < -0.3 is 17.0 Å². The molecule has 0 unspecified atom stereocenters. The number of halogens is 1. The van der Waals surface area contributed by atoms with Crippen molar-refractivity contribution < 1.29 is 51.4 Å². The molecule has 20 heavy (non-hydrogen) atoms. The maximum atomic E-state index is 7.50. The first-order valence-corrected chi connectivity index (χ1v) is 4.31. The van der Waals surface area contributed by atoms with Gasteiger partial charge in [0.1, 0.15) is 0 Å². The van der Waals surface area contributed by atoms with Crippen molar-refractivity contribution in [2.45, 2.75) is 0 Å². The summed E-state index contributed by atoms with van der Waals surface area (Å²) in [6.07, 6.45) is 7.00. The zero-order chi connectivity index (χ0) is 14.5. The maximum absolute atomic E-state index is 7.50. The molecule has 0 bridgehead atoms. The third-order valence-corrected chi connectivity index (χ3v) is 1.13. The number of hydrogen-bond acceptors (Lipinski definition) is 2. The standard InChI is InChI=1S/2C5H5N.3CO.BrH.Re/c2*1-2-4-6-5-3-1;3*1-2;;/h2*1-5H;;;;1H;/p-1. The average molecular weight is 508 g/mol. The van der Waals surface area contributed by atoms with Gasteiger partial charge in [0.05, 0.1) is 0 Å². The monoisotopic (exact) mass is 508 g/mol. The van der Waals surface area contributed by atoms with Crippen molar-refractivity contribution in [3.05, 3.63) is 81.1 Å². The quantitative estimate of drug-likeness (QED) is 0.340. The van der Waals surface area contributed by atoms with Gasteiger partial charge in [0.25, 0.3) is 0 Å². The van der Waals surface area contributed by atoms with Crippen LogP contribution in [-0.4, -0.2) is 9.97 Å². The summed E-state index contributed by atoms with van der Waals surface area (Å²) in [7, 11) is 0. The first-order chi connectivity index (χ1) is 9.00. The zero-order valence-corrected chi connectivity index (χ0v) is 14.5. The van der Waals surface area contributed by atoms with Crippen LogP contribution in [0.15, 0.2) is 61.2 Å². The van der Waals surface area contributed by atoms with Gasteiger partial charge in [-0.15, -0.1) is 0 Å². The van der Waals surface area contributed by atoms with Crippen molar-refractivity contribution >= 4 is 0 Å². The summed E-state index contributed by atoms with van der Waals surface area (Å²) in [6.45, 7) is 13.5. The number of hydrogen-bond donors (Lipinski definition) is 0. The fraction of sp³-hybridized carbons (Fsp3) is 0. The molecule has 0 spiro atoms. The number of aromatic nitrogens is 2. The summed E-state index contributed by atoms with van der Waals surface area (Å²) in [4.78, 5) is 7.57. The second-order valence-electron chi connectivity index (χ2n) is 2.05. The van der Waals surface area contributed by atoms with Crippen molar-refractivity contribution in [2.24, 2.45) is 0 Å². The third-order valence-electron chi connectivity index (χ3n) is 1.13. The molecule has 0 saturated heterocycles. The fourth-order valence-corrected chi connectivity index (χ4v) is 0.625. The summed E-state index contributed by atoms with van der Waals surface area (Å²) in [6, 6.07) is 11.4. The first kappa shape index (κ1) is 31.2. The molecule has 2 rings (SSSR count). The molecule has 5 nitrogen and oxygen atoms in total. The molecule has 105 valence electrons. The Morgan fingerprint density at radius 1 is 0.500 bits per heavy atom. The van der Waals surface area contributed by atoms with Gasteiger partial charge in [0, 0.05) is 45.2 Å². The van der Waals surface area contributed by atoms with E-state index in [9.17, 15) is 0 Å². The molecule has 0 saturated carbocycles. The van der Waals surface area contributed by atoms with Crippen molar-refractivity contribution in [2.75, 3.05) is 0 Å². The molecule has 2 heterocycles. The van der Waals surface area contributed by atoms with Crippen LogP contribution >= 0.6 is 0 Å². The second kappa shape index (κ2) is 43.1. The van der Waals surface area contributed by atoms with Crippen LogP contribution in [0.25, 0.3) is 0 Å². The Labute approximate surface area is 142 Å². The zero-order valence-electron chi connectivity index (χ0n) is 10.1. The minimum Gasteiger partial charge on any atom is -0.265 e. The van der Waals surface area contributed by atoms with Crippen molar-refractivity contribution in [1.82, 2.24) is 9.97 Å². The third kappa shape index (κ3) is 36.0. The second-order valence-corrected chi connectivity index (χ2v) is 2.05. The Hall–Kier alpha value is -1.34. The van der Waals surface area contributed by atoms with Crippen LogP contribution in [0.2, 0.25) is 0 Å². The molecule has 0 aliphatic carbocycles. The Morgan fingerprint density at radius 2 is 0.700 bits per heavy atom. The van der Waals surface area contributed by atoms with Crippen LogP contribution in [-0.2, 0) is 34.4 Å². The van der Waals surface area contributed by atoms with Crippen LogP contribution in [0.3, 0.4) is 0 Å². The van der Waals surface area contributed by atoms with E-state index >= 15 is 0 Å². The summed E-state index contributed by atoms with van der Waals surface area (Å²) >= 11 is 0. The average Bonchev–Trinajstić information content (AvgIpc) is 2.57. The maximum Gasteiger partial charge on any atom is 0.0267 e. The normalized spacial score (nSPS) is 5.10. The van der Waals surface area contributed by atoms with Crippen LogP contribution in [0, 0.1) is 20.0 Å². The van der Waals surface area contributed by atoms with E-state index in [1.54, 1.807) is 24.8 Å². The van der Waals surface area contributed by atoms with Crippen LogP contribution < -0.4 is 17.0 Å². The largest absolute Gasteiger partial charge is 0.265 e. The molecule has 0 aromatic carbocycles. The predicted octanol–water partition coefficient (Wildman–Crippen LogP) is -0.948. The Bertz CT molecular complexity index is 297. The van der Waals surface area contributed by atoms with E-state index in [1.165, 1.54) is 0 Å². The molecule has 7 heteroatoms. The SMILES string of the molecule is [Br-].[C-]#[O+].[C-]#[O+].[C-]#[O+].[Re].c1ccncc1.c1ccncc1. The van der Waals surface area contributed by atoms with Crippen LogP contribution in [0.1, 0.15) is 0 Å². The molecule has 2 aromatic heterocycles. The van der Waals surface area contributed by atoms with E-state index in [-0.39, 0.29) is 37.4 Å². The molecule has 0 atom stereocenters. The molecule has 0 fully saturated rings. The number of nitrogens with zero attached hydrogens (tertiary/aromatic N) is 2. The van der Waals surface area contributed by atoms with Gasteiger partial charge >= 0.3 is 33.9 Å². The molecular formula is C13H10BrN2O3Re-. The van der Waals surface area contributed by atoms with Crippen LogP contribution in [0.4, 0.5) is 0 Å². The van der Waals surface area contributed by atoms with E-state index in [0.717, 1.165) is 0 Å². The van der Waals surface area contributed by atoms with Crippen LogP contribution in [0.5, 0.6) is 0 Å². The molecule has 0 aliphatic rings. The predicted molar refractivity (Wildman–Crippen MR) is 60.3 cm³/mol. The Morgan fingerprint density at radius 3 is 0.750 bits per heavy atom. The minimum absolute atomic E-state index is 0. The van der Waals surface area contributed by atoms with Gasteiger partial charge in [-0.05, 0) is 24.3 Å². The topological polar surface area (TPSA) is 85.5 Å². The Kier molecular flexibility index (Phi) is 67.3. The van der Waals surface area contributed by atoms with E-state index in [2.05, 4.69) is 29.9 Å². The smallest absolute Gasteiger partial charge is 0.0267 e. The molecule has 0 N–H and O–H groups in total. The molecular weight excluding hydrogens is 498 g/mol.